The van der Waals surface area contributed by atoms with Crippen LogP contribution < -0.4 is 5.73 Å². The number of anilines is 1. The Morgan fingerprint density at radius 2 is 1.24 bits per heavy atom. The Bertz CT molecular complexity index is 2790. The molecule has 0 unspecified atom stereocenters. The van der Waals surface area contributed by atoms with Crippen LogP contribution in [0, 0.1) is 0 Å². The van der Waals surface area contributed by atoms with Crippen LogP contribution in [0.25, 0.3) is 33.4 Å². The largest absolute Gasteiger partial charge is 0.399 e. The molecule has 0 radical (unpaired) electrons. The topological polar surface area (TPSA) is 50.7 Å². The highest BCUT2D eigenvalue weighted by Crippen LogP contribution is 2.59. The zero-order chi connectivity index (χ0) is 44.0. The maximum absolute atomic E-state index is 6.24. The molecule has 0 heterocycles. The molecule has 3 nitrogen and oxygen atoms in total. The van der Waals surface area contributed by atoms with E-state index in [-0.39, 0.29) is 0 Å². The van der Waals surface area contributed by atoms with Crippen LogP contribution in [-0.2, 0) is 12.0 Å². The van der Waals surface area contributed by atoms with Gasteiger partial charge in [-0.2, -0.15) is 0 Å². The number of nitrogen functional groups attached to an aromatic ring is 1. The number of nitrogens with zero attached hydrogens (tertiary/aromatic N) is 2. The third kappa shape index (κ3) is 9.34. The fourth-order valence-corrected chi connectivity index (χ4v) is 8.76. The highest BCUT2D eigenvalue weighted by Gasteiger charge is 2.49. The van der Waals surface area contributed by atoms with Crippen molar-refractivity contribution >= 4 is 29.4 Å². The predicted molar refractivity (Wildman–Crippen MR) is 272 cm³/mol. The standard InChI is InChI=1S/C32H29N.C28H26N2/c1-3-13-28-29-21-12-20-27(23-14-11-19-26(33)22-23)31(29)32(30(28)4-2,24-15-7-5-8-16-24)25-17-9-6-10-18-25;1-4-6-13-23(5-2)26-18-22(19-27(20-26)24-14-9-7-10-15-24)21-30-28(29-3)25-16-11-8-12-17-25/h4-22H,3,33H2,1-2H3;4-20H,2-3,21H2,1H3/b28-13-,30-4+;6-4-,23-13+,30-28?. The average Bonchev–Trinajstić information content (AvgIpc) is 3.63. The molecule has 1 aliphatic carbocycles. The molecule has 8 rings (SSSR count). The van der Waals surface area contributed by atoms with E-state index < -0.39 is 5.41 Å². The van der Waals surface area contributed by atoms with Gasteiger partial charge in [-0.15, -0.1) is 0 Å². The van der Waals surface area contributed by atoms with E-state index >= 15 is 0 Å². The molecule has 7 aromatic carbocycles. The molecule has 0 saturated carbocycles. The summed E-state index contributed by atoms with van der Waals surface area (Å²) in [6, 6.07) is 63.7. The minimum Gasteiger partial charge on any atom is -0.399 e. The van der Waals surface area contributed by atoms with Gasteiger partial charge in [0.1, 0.15) is 0 Å². The van der Waals surface area contributed by atoms with Gasteiger partial charge in [-0.3, -0.25) is 4.99 Å². The Morgan fingerprint density at radius 3 is 1.83 bits per heavy atom. The summed E-state index contributed by atoms with van der Waals surface area (Å²) in [5.74, 6) is 0.649. The van der Waals surface area contributed by atoms with Crippen LogP contribution in [0.5, 0.6) is 0 Å². The SMILES string of the molecule is C/C=C1\C(=C/CC)c2cccc(-c3cccc(N)c3)c2C1(c1ccccc1)c1ccccc1.C=C/C(=C\C=C/C)c1cc(CN=C(N=C)c2ccccc2)cc(-c2ccccc2)c1. The summed E-state index contributed by atoms with van der Waals surface area (Å²) in [6.07, 6.45) is 13.7. The smallest absolute Gasteiger partial charge is 0.154 e. The summed E-state index contributed by atoms with van der Waals surface area (Å²) in [7, 11) is 0. The molecule has 0 aliphatic heterocycles. The summed E-state index contributed by atoms with van der Waals surface area (Å²) in [6.45, 7) is 14.6. The van der Waals surface area contributed by atoms with Gasteiger partial charge < -0.3 is 5.73 Å². The van der Waals surface area contributed by atoms with Crippen molar-refractivity contribution in [2.75, 3.05) is 5.73 Å². The van der Waals surface area contributed by atoms with Crippen molar-refractivity contribution in [3.8, 4) is 22.3 Å². The van der Waals surface area contributed by atoms with Crippen LogP contribution in [0.15, 0.2) is 241 Å². The number of nitrogens with two attached hydrogens (primary N) is 1. The van der Waals surface area contributed by atoms with Crippen LogP contribution in [0.2, 0.25) is 0 Å². The zero-order valence-corrected chi connectivity index (χ0v) is 36.6. The molecule has 2 N–H and O–H groups in total. The Morgan fingerprint density at radius 1 is 0.635 bits per heavy atom. The highest BCUT2D eigenvalue weighted by molar-refractivity contribution is 6.01. The highest BCUT2D eigenvalue weighted by atomic mass is 14.9. The number of amidine groups is 1. The van der Waals surface area contributed by atoms with Gasteiger partial charge in [0.05, 0.1) is 12.0 Å². The zero-order valence-electron chi connectivity index (χ0n) is 36.6. The first-order chi connectivity index (χ1) is 31.0. The van der Waals surface area contributed by atoms with Crippen molar-refractivity contribution in [3.63, 3.8) is 0 Å². The Kier molecular flexibility index (Phi) is 14.3. The lowest BCUT2D eigenvalue weighted by Crippen LogP contribution is -2.29. The summed E-state index contributed by atoms with van der Waals surface area (Å²) in [5.41, 5.74) is 23.4. The van der Waals surface area contributed by atoms with Crippen molar-refractivity contribution in [2.24, 2.45) is 9.98 Å². The van der Waals surface area contributed by atoms with E-state index in [4.69, 9.17) is 10.7 Å². The summed E-state index contributed by atoms with van der Waals surface area (Å²) in [4.78, 5) is 8.87. The molecule has 1 aliphatic rings. The second-order valence-electron chi connectivity index (χ2n) is 15.4. The van der Waals surface area contributed by atoms with E-state index in [0.29, 0.717) is 12.4 Å². The van der Waals surface area contributed by atoms with E-state index in [1.54, 1.807) is 0 Å². The number of rotatable bonds is 11. The Labute approximate surface area is 374 Å². The van der Waals surface area contributed by atoms with E-state index in [2.05, 4.69) is 184 Å². The second-order valence-corrected chi connectivity index (χ2v) is 15.4. The number of aliphatic imine (C=N–C) groups is 2. The third-order valence-electron chi connectivity index (χ3n) is 11.4. The number of allylic oxidation sites excluding steroid dienone is 9. The van der Waals surface area contributed by atoms with Crippen LogP contribution in [0.4, 0.5) is 5.69 Å². The third-order valence-corrected chi connectivity index (χ3v) is 11.4. The first-order valence-corrected chi connectivity index (χ1v) is 21.7. The summed E-state index contributed by atoms with van der Waals surface area (Å²) < 4.78 is 0. The Balaban J connectivity index is 0.000000190. The Hall–Kier alpha value is -7.62. The molecule has 3 heteroatoms. The maximum Gasteiger partial charge on any atom is 0.154 e. The van der Waals surface area contributed by atoms with Crippen LogP contribution in [0.1, 0.15) is 66.1 Å². The monoisotopic (exact) mass is 817 g/mol. The molecule has 63 heavy (non-hydrogen) atoms. The quantitative estimate of drug-likeness (QED) is 0.0601. The van der Waals surface area contributed by atoms with Gasteiger partial charge in [0.2, 0.25) is 0 Å². The summed E-state index contributed by atoms with van der Waals surface area (Å²) >= 11 is 0. The molecule has 0 aromatic heterocycles. The number of benzene rings is 7. The predicted octanol–water partition coefficient (Wildman–Crippen LogP) is 15.2. The first kappa shape index (κ1) is 43.5. The average molecular weight is 818 g/mol. The first-order valence-electron chi connectivity index (χ1n) is 21.7. The number of hydrogen-bond donors (Lipinski definition) is 1. The molecule has 0 fully saturated rings. The fourth-order valence-electron chi connectivity index (χ4n) is 8.76. The van der Waals surface area contributed by atoms with Crippen molar-refractivity contribution in [1.82, 2.24) is 0 Å². The van der Waals surface area contributed by atoms with E-state index in [9.17, 15) is 0 Å². The molecule has 0 bridgehead atoms. The minimum atomic E-state index is -0.408. The van der Waals surface area contributed by atoms with E-state index in [0.717, 1.165) is 45.5 Å². The normalized spacial score (nSPS) is 14.6. The molecule has 7 aromatic rings. The molecule has 0 atom stereocenters. The van der Waals surface area contributed by atoms with Crippen LogP contribution in [-0.4, -0.2) is 12.6 Å². The number of hydrogen-bond acceptors (Lipinski definition) is 2. The van der Waals surface area contributed by atoms with Crippen LogP contribution in [0.3, 0.4) is 0 Å². The molecule has 0 spiro atoms. The van der Waals surface area contributed by atoms with Gasteiger partial charge in [-0.05, 0) is 130 Å². The van der Waals surface area contributed by atoms with Crippen molar-refractivity contribution in [2.45, 2.75) is 39.2 Å². The van der Waals surface area contributed by atoms with Crippen LogP contribution >= 0.6 is 0 Å². The van der Waals surface area contributed by atoms with Gasteiger partial charge in [0.15, 0.2) is 5.84 Å². The maximum atomic E-state index is 6.24. The lowest BCUT2D eigenvalue weighted by molar-refractivity contribution is 0.769. The van der Waals surface area contributed by atoms with Gasteiger partial charge in [-0.25, -0.2) is 4.99 Å². The van der Waals surface area contributed by atoms with Gasteiger partial charge >= 0.3 is 0 Å². The minimum absolute atomic E-state index is 0.408. The molecule has 310 valence electrons. The van der Waals surface area contributed by atoms with Crippen molar-refractivity contribution in [3.05, 3.63) is 270 Å². The summed E-state index contributed by atoms with van der Waals surface area (Å²) in [5, 5.41) is 0. The van der Waals surface area contributed by atoms with E-state index in [1.165, 1.54) is 44.5 Å². The van der Waals surface area contributed by atoms with Gasteiger partial charge in [0, 0.05) is 11.3 Å². The lowest BCUT2D eigenvalue weighted by atomic mass is 9.66. The molecular formula is C60H55N3. The lowest BCUT2D eigenvalue weighted by Gasteiger charge is -2.35. The molecule has 0 amide bonds. The molecule has 0 saturated heterocycles. The van der Waals surface area contributed by atoms with Gasteiger partial charge in [-0.1, -0.05) is 202 Å². The second kappa shape index (κ2) is 20.8. The number of fused-ring (bicyclic) bond motifs is 1. The molecular weight excluding hydrogens is 763 g/mol. The van der Waals surface area contributed by atoms with Crippen molar-refractivity contribution < 1.29 is 0 Å². The van der Waals surface area contributed by atoms with E-state index in [1.807, 2.05) is 73.7 Å². The van der Waals surface area contributed by atoms with Crippen molar-refractivity contribution in [1.29, 1.82) is 0 Å². The fraction of sp³-hybridized carbons (Fsp3) is 0.100. The van der Waals surface area contributed by atoms with Gasteiger partial charge in [0.25, 0.3) is 0 Å².